The molecule has 0 saturated heterocycles. The molecular weight excluding hydrogens is 258 g/mol. The van der Waals surface area contributed by atoms with Gasteiger partial charge in [0.1, 0.15) is 11.9 Å². The molecule has 1 aliphatic rings. The van der Waals surface area contributed by atoms with Gasteiger partial charge in [-0.3, -0.25) is 0 Å². The summed E-state index contributed by atoms with van der Waals surface area (Å²) in [7, 11) is 0. The molecule has 21 heavy (non-hydrogen) atoms. The molecule has 2 atom stereocenters. The van der Waals surface area contributed by atoms with Gasteiger partial charge in [0.25, 0.3) is 0 Å². The Morgan fingerprint density at radius 2 is 1.86 bits per heavy atom. The van der Waals surface area contributed by atoms with Crippen molar-refractivity contribution in [3.05, 3.63) is 29.3 Å². The summed E-state index contributed by atoms with van der Waals surface area (Å²) in [6.45, 7) is 7.62. The number of nitrogens with one attached hydrogen (secondary N) is 1. The van der Waals surface area contributed by atoms with Crippen molar-refractivity contribution in [2.24, 2.45) is 0 Å². The fourth-order valence-electron chi connectivity index (χ4n) is 3.25. The monoisotopic (exact) mass is 289 g/mol. The van der Waals surface area contributed by atoms with E-state index in [1.807, 2.05) is 0 Å². The van der Waals surface area contributed by atoms with Crippen LogP contribution in [-0.4, -0.2) is 18.7 Å². The molecular formula is C19H31NO. The molecule has 0 radical (unpaired) electrons. The molecule has 0 aliphatic heterocycles. The molecule has 0 spiro atoms. The third-order valence-electron chi connectivity index (χ3n) is 4.47. The number of ether oxygens (including phenoxy) is 1. The van der Waals surface area contributed by atoms with Crippen LogP contribution in [0.5, 0.6) is 5.75 Å². The summed E-state index contributed by atoms with van der Waals surface area (Å²) in [4.78, 5) is 0. The van der Waals surface area contributed by atoms with Crippen LogP contribution in [0.1, 0.15) is 63.0 Å². The quantitative estimate of drug-likeness (QED) is 0.842. The molecule has 0 bridgehead atoms. The first-order chi connectivity index (χ1) is 10.2. The third kappa shape index (κ3) is 5.03. The summed E-state index contributed by atoms with van der Waals surface area (Å²) in [5.74, 6) is 1.06. The van der Waals surface area contributed by atoms with Crippen LogP contribution in [0.4, 0.5) is 0 Å². The van der Waals surface area contributed by atoms with Crippen LogP contribution < -0.4 is 10.1 Å². The van der Waals surface area contributed by atoms with Crippen molar-refractivity contribution in [1.29, 1.82) is 0 Å². The summed E-state index contributed by atoms with van der Waals surface area (Å²) in [6, 6.07) is 7.01. The molecule has 1 saturated carbocycles. The standard InChI is InChI=1S/C19H31NO/c1-4-13-20-17-9-7-5-6-8-10-19(17)21-18-12-11-15(2)14-16(18)3/h11-12,14,17,19-20H,4-10,13H2,1-3H3. The lowest BCUT2D eigenvalue weighted by molar-refractivity contribution is 0.126. The first-order valence-corrected chi connectivity index (χ1v) is 8.68. The highest BCUT2D eigenvalue weighted by molar-refractivity contribution is 5.35. The van der Waals surface area contributed by atoms with Crippen LogP contribution in [0.3, 0.4) is 0 Å². The van der Waals surface area contributed by atoms with Gasteiger partial charge in [-0.05, 0) is 57.7 Å². The van der Waals surface area contributed by atoms with Crippen molar-refractivity contribution >= 4 is 0 Å². The van der Waals surface area contributed by atoms with E-state index in [1.54, 1.807) is 0 Å². The predicted octanol–water partition coefficient (Wildman–Crippen LogP) is 4.77. The summed E-state index contributed by atoms with van der Waals surface area (Å²) in [6.07, 6.45) is 9.28. The number of aryl methyl sites for hydroxylation is 2. The van der Waals surface area contributed by atoms with Crippen molar-refractivity contribution in [1.82, 2.24) is 5.32 Å². The average Bonchev–Trinajstić information content (AvgIpc) is 2.44. The molecule has 1 fully saturated rings. The minimum absolute atomic E-state index is 0.318. The van der Waals surface area contributed by atoms with E-state index >= 15 is 0 Å². The number of rotatable bonds is 5. The smallest absolute Gasteiger partial charge is 0.122 e. The molecule has 0 amide bonds. The molecule has 2 rings (SSSR count). The van der Waals surface area contributed by atoms with E-state index in [0.29, 0.717) is 12.1 Å². The Morgan fingerprint density at radius 3 is 2.57 bits per heavy atom. The van der Waals surface area contributed by atoms with Gasteiger partial charge in [0, 0.05) is 6.04 Å². The zero-order chi connectivity index (χ0) is 15.1. The van der Waals surface area contributed by atoms with Crippen molar-refractivity contribution < 1.29 is 4.74 Å². The van der Waals surface area contributed by atoms with Gasteiger partial charge >= 0.3 is 0 Å². The van der Waals surface area contributed by atoms with Crippen molar-refractivity contribution in [2.75, 3.05) is 6.54 Å². The Balaban J connectivity index is 2.07. The topological polar surface area (TPSA) is 21.3 Å². The van der Waals surface area contributed by atoms with Gasteiger partial charge in [-0.25, -0.2) is 0 Å². The Kier molecular flexibility index (Phi) is 6.56. The SMILES string of the molecule is CCCNC1CCCCCCC1Oc1ccc(C)cc1C. The first-order valence-electron chi connectivity index (χ1n) is 8.68. The molecule has 0 aromatic heterocycles. The van der Waals surface area contributed by atoms with Crippen LogP contribution in [0, 0.1) is 13.8 Å². The maximum atomic E-state index is 6.42. The zero-order valence-corrected chi connectivity index (χ0v) is 14.0. The van der Waals surface area contributed by atoms with E-state index in [9.17, 15) is 0 Å². The molecule has 1 aliphatic carbocycles. The fraction of sp³-hybridized carbons (Fsp3) is 0.684. The largest absolute Gasteiger partial charge is 0.489 e. The zero-order valence-electron chi connectivity index (χ0n) is 14.0. The number of hydrogen-bond donors (Lipinski definition) is 1. The first kappa shape index (κ1) is 16.4. The second kappa shape index (κ2) is 8.43. The van der Waals surface area contributed by atoms with Crippen LogP contribution in [-0.2, 0) is 0 Å². The Morgan fingerprint density at radius 1 is 1.10 bits per heavy atom. The van der Waals surface area contributed by atoms with Crippen LogP contribution >= 0.6 is 0 Å². The second-order valence-corrected chi connectivity index (χ2v) is 6.48. The molecule has 0 heterocycles. The van der Waals surface area contributed by atoms with E-state index in [4.69, 9.17) is 4.74 Å². The minimum atomic E-state index is 0.318. The minimum Gasteiger partial charge on any atom is -0.489 e. The number of hydrogen-bond acceptors (Lipinski definition) is 2. The maximum Gasteiger partial charge on any atom is 0.122 e. The molecule has 2 nitrogen and oxygen atoms in total. The van der Waals surface area contributed by atoms with E-state index in [0.717, 1.165) is 12.3 Å². The Bertz CT molecular complexity index is 428. The summed E-state index contributed by atoms with van der Waals surface area (Å²) in [5, 5.41) is 3.72. The molecule has 1 aromatic rings. The van der Waals surface area contributed by atoms with Crippen molar-refractivity contribution in [3.8, 4) is 5.75 Å². The van der Waals surface area contributed by atoms with Gasteiger partial charge in [0.15, 0.2) is 0 Å². The summed E-state index contributed by atoms with van der Waals surface area (Å²) < 4.78 is 6.42. The Hall–Kier alpha value is -1.02. The molecule has 1 aromatic carbocycles. The van der Waals surface area contributed by atoms with E-state index in [2.05, 4.69) is 44.3 Å². The highest BCUT2D eigenvalue weighted by atomic mass is 16.5. The highest BCUT2D eigenvalue weighted by Crippen LogP contribution is 2.26. The molecule has 2 unspecified atom stereocenters. The second-order valence-electron chi connectivity index (χ2n) is 6.48. The highest BCUT2D eigenvalue weighted by Gasteiger charge is 2.24. The van der Waals surface area contributed by atoms with Gasteiger partial charge in [-0.2, -0.15) is 0 Å². The predicted molar refractivity (Wildman–Crippen MR) is 90.1 cm³/mol. The maximum absolute atomic E-state index is 6.42. The van der Waals surface area contributed by atoms with E-state index < -0.39 is 0 Å². The molecule has 2 heteroatoms. The molecule has 1 N–H and O–H groups in total. The van der Waals surface area contributed by atoms with Gasteiger partial charge < -0.3 is 10.1 Å². The van der Waals surface area contributed by atoms with Gasteiger partial charge in [0.05, 0.1) is 0 Å². The fourth-order valence-corrected chi connectivity index (χ4v) is 3.25. The van der Waals surface area contributed by atoms with E-state index in [-0.39, 0.29) is 0 Å². The normalized spacial score (nSPS) is 23.4. The third-order valence-corrected chi connectivity index (χ3v) is 4.47. The lowest BCUT2D eigenvalue weighted by atomic mass is 9.94. The summed E-state index contributed by atoms with van der Waals surface area (Å²) >= 11 is 0. The lowest BCUT2D eigenvalue weighted by Crippen LogP contribution is -2.44. The Labute approximate surface area is 130 Å². The van der Waals surface area contributed by atoms with Crippen LogP contribution in [0.15, 0.2) is 18.2 Å². The van der Waals surface area contributed by atoms with Crippen molar-refractivity contribution in [3.63, 3.8) is 0 Å². The van der Waals surface area contributed by atoms with Crippen molar-refractivity contribution in [2.45, 2.75) is 77.9 Å². The van der Waals surface area contributed by atoms with Gasteiger partial charge in [-0.15, -0.1) is 0 Å². The van der Waals surface area contributed by atoms with Gasteiger partial charge in [0.2, 0.25) is 0 Å². The number of benzene rings is 1. The lowest BCUT2D eigenvalue weighted by Gasteiger charge is -2.31. The molecule has 118 valence electrons. The van der Waals surface area contributed by atoms with Gasteiger partial charge in [-0.1, -0.05) is 43.9 Å². The van der Waals surface area contributed by atoms with Crippen LogP contribution in [0.25, 0.3) is 0 Å². The average molecular weight is 289 g/mol. The van der Waals surface area contributed by atoms with Crippen LogP contribution in [0.2, 0.25) is 0 Å². The van der Waals surface area contributed by atoms with E-state index in [1.165, 1.54) is 56.1 Å². The summed E-state index contributed by atoms with van der Waals surface area (Å²) in [5.41, 5.74) is 2.56.